The molecule has 2 amide bonds. The number of amides is 2. The van der Waals surface area contributed by atoms with Crippen molar-refractivity contribution in [3.8, 4) is 0 Å². The van der Waals surface area contributed by atoms with E-state index in [0.29, 0.717) is 0 Å². The van der Waals surface area contributed by atoms with Gasteiger partial charge in [0, 0.05) is 18.3 Å². The summed E-state index contributed by atoms with van der Waals surface area (Å²) in [5.74, 6) is -1.27. The zero-order chi connectivity index (χ0) is 15.1. The van der Waals surface area contributed by atoms with Crippen molar-refractivity contribution >= 4 is 23.2 Å². The van der Waals surface area contributed by atoms with Crippen molar-refractivity contribution in [1.82, 2.24) is 5.32 Å². The number of rotatable bonds is 7. The summed E-state index contributed by atoms with van der Waals surface area (Å²) in [6, 6.07) is 3.72. The molecule has 1 aromatic carbocycles. The Bertz CT molecular complexity index is 532. The standard InChI is InChI=1S/C11H14N4O5/c12-7-1-2-9(15(18)19)8(5-7)11(17)14-3-4-20-6-10(13)16/h1-2,5H,3-4,6,12H2,(H2,13,16)(H,14,17). The van der Waals surface area contributed by atoms with E-state index in [4.69, 9.17) is 16.2 Å². The lowest BCUT2D eigenvalue weighted by Gasteiger charge is -2.06. The number of hydrogen-bond donors (Lipinski definition) is 3. The van der Waals surface area contributed by atoms with Gasteiger partial charge in [0.05, 0.1) is 11.5 Å². The van der Waals surface area contributed by atoms with E-state index in [-0.39, 0.29) is 36.7 Å². The van der Waals surface area contributed by atoms with Gasteiger partial charge in [-0.05, 0) is 12.1 Å². The van der Waals surface area contributed by atoms with Gasteiger partial charge in [-0.1, -0.05) is 0 Å². The highest BCUT2D eigenvalue weighted by Crippen LogP contribution is 2.20. The third kappa shape index (κ3) is 4.53. The number of nitrogens with zero attached hydrogens (tertiary/aromatic N) is 1. The minimum Gasteiger partial charge on any atom is -0.399 e. The molecule has 108 valence electrons. The number of hydrogen-bond acceptors (Lipinski definition) is 6. The summed E-state index contributed by atoms with van der Waals surface area (Å²) in [6.45, 7) is -0.114. The van der Waals surface area contributed by atoms with E-state index in [1.165, 1.54) is 12.1 Å². The molecule has 0 heterocycles. The van der Waals surface area contributed by atoms with E-state index in [2.05, 4.69) is 5.32 Å². The van der Waals surface area contributed by atoms with Crippen LogP contribution in [0.1, 0.15) is 10.4 Å². The highest BCUT2D eigenvalue weighted by atomic mass is 16.6. The van der Waals surface area contributed by atoms with Crippen LogP contribution in [0.4, 0.5) is 11.4 Å². The van der Waals surface area contributed by atoms with Gasteiger partial charge in [-0.15, -0.1) is 0 Å². The molecule has 20 heavy (non-hydrogen) atoms. The molecule has 0 aliphatic carbocycles. The number of nitrogen functional groups attached to an aromatic ring is 1. The van der Waals surface area contributed by atoms with Crippen molar-refractivity contribution in [2.75, 3.05) is 25.5 Å². The summed E-state index contributed by atoms with van der Waals surface area (Å²) in [5.41, 5.74) is 10.1. The van der Waals surface area contributed by atoms with Crippen LogP contribution in [0.2, 0.25) is 0 Å². The molecule has 0 spiro atoms. The van der Waals surface area contributed by atoms with Crippen molar-refractivity contribution in [2.24, 2.45) is 5.73 Å². The maximum Gasteiger partial charge on any atom is 0.282 e. The van der Waals surface area contributed by atoms with Crippen LogP contribution in [0.25, 0.3) is 0 Å². The Morgan fingerprint density at radius 1 is 1.40 bits per heavy atom. The molecule has 9 nitrogen and oxygen atoms in total. The van der Waals surface area contributed by atoms with Gasteiger partial charge in [-0.2, -0.15) is 0 Å². The summed E-state index contributed by atoms with van der Waals surface area (Å²) in [6.07, 6.45) is 0. The molecule has 5 N–H and O–H groups in total. The first kappa shape index (κ1) is 15.4. The van der Waals surface area contributed by atoms with Crippen LogP contribution in [0, 0.1) is 10.1 Å². The first-order valence-electron chi connectivity index (χ1n) is 5.60. The lowest BCUT2D eigenvalue weighted by Crippen LogP contribution is -2.29. The molecule has 0 aliphatic rings. The Morgan fingerprint density at radius 3 is 2.70 bits per heavy atom. The fourth-order valence-corrected chi connectivity index (χ4v) is 1.40. The highest BCUT2D eigenvalue weighted by Gasteiger charge is 2.19. The molecule has 0 saturated heterocycles. The number of benzene rings is 1. The number of nitrogens with two attached hydrogens (primary N) is 2. The van der Waals surface area contributed by atoms with Gasteiger partial charge in [0.15, 0.2) is 0 Å². The summed E-state index contributed by atoms with van der Waals surface area (Å²) >= 11 is 0. The van der Waals surface area contributed by atoms with Crippen LogP contribution in [0.15, 0.2) is 18.2 Å². The van der Waals surface area contributed by atoms with Crippen molar-refractivity contribution in [2.45, 2.75) is 0 Å². The third-order valence-electron chi connectivity index (χ3n) is 2.24. The van der Waals surface area contributed by atoms with Crippen molar-refractivity contribution < 1.29 is 19.2 Å². The number of nitrogens with one attached hydrogen (secondary N) is 1. The molecule has 0 atom stereocenters. The van der Waals surface area contributed by atoms with Crippen LogP contribution in [0.3, 0.4) is 0 Å². The molecular weight excluding hydrogens is 268 g/mol. The van der Waals surface area contributed by atoms with E-state index in [9.17, 15) is 19.7 Å². The fraction of sp³-hybridized carbons (Fsp3) is 0.273. The summed E-state index contributed by atoms with van der Waals surface area (Å²) in [7, 11) is 0. The second kappa shape index (κ2) is 7.04. The molecule has 0 aromatic heterocycles. The Hall–Kier alpha value is -2.68. The largest absolute Gasteiger partial charge is 0.399 e. The molecule has 0 saturated carbocycles. The van der Waals surface area contributed by atoms with Crippen LogP contribution in [-0.4, -0.2) is 36.5 Å². The second-order valence-electron chi connectivity index (χ2n) is 3.81. The zero-order valence-corrected chi connectivity index (χ0v) is 10.5. The fourth-order valence-electron chi connectivity index (χ4n) is 1.40. The van der Waals surface area contributed by atoms with E-state index >= 15 is 0 Å². The maximum atomic E-state index is 11.8. The average molecular weight is 282 g/mol. The first-order valence-corrected chi connectivity index (χ1v) is 5.60. The Kier molecular flexibility index (Phi) is 5.42. The normalized spacial score (nSPS) is 10.0. The quantitative estimate of drug-likeness (QED) is 0.263. The molecule has 0 fully saturated rings. The topological polar surface area (TPSA) is 151 Å². The lowest BCUT2D eigenvalue weighted by molar-refractivity contribution is -0.385. The minimum absolute atomic E-state index is 0.0603. The van der Waals surface area contributed by atoms with E-state index in [1.54, 1.807) is 0 Å². The van der Waals surface area contributed by atoms with Gasteiger partial charge in [0.25, 0.3) is 11.6 Å². The SMILES string of the molecule is NC(=O)COCCNC(=O)c1cc(N)ccc1[N+](=O)[O-]. The molecule has 1 rings (SSSR count). The van der Waals surface area contributed by atoms with Crippen molar-refractivity contribution in [3.63, 3.8) is 0 Å². The van der Waals surface area contributed by atoms with Gasteiger partial charge < -0.3 is 21.5 Å². The van der Waals surface area contributed by atoms with Gasteiger partial charge in [0.1, 0.15) is 12.2 Å². The van der Waals surface area contributed by atoms with E-state index in [0.717, 1.165) is 6.07 Å². The maximum absolute atomic E-state index is 11.8. The molecule has 0 aliphatic heterocycles. The Morgan fingerprint density at radius 2 is 2.10 bits per heavy atom. The van der Waals surface area contributed by atoms with Gasteiger partial charge in [-0.3, -0.25) is 19.7 Å². The predicted molar refractivity (Wildman–Crippen MR) is 69.9 cm³/mol. The minimum atomic E-state index is -0.669. The van der Waals surface area contributed by atoms with Crippen molar-refractivity contribution in [3.05, 3.63) is 33.9 Å². The summed E-state index contributed by atoms with van der Waals surface area (Å²) in [4.78, 5) is 32.3. The van der Waals surface area contributed by atoms with E-state index in [1.807, 2.05) is 0 Å². The number of carbonyl (C=O) groups excluding carboxylic acids is 2. The highest BCUT2D eigenvalue weighted by molar-refractivity contribution is 5.99. The number of anilines is 1. The first-order chi connectivity index (χ1) is 9.41. The predicted octanol–water partition coefficient (Wildman–Crippen LogP) is -0.591. The Balaban J connectivity index is 2.61. The van der Waals surface area contributed by atoms with Crippen LogP contribution < -0.4 is 16.8 Å². The van der Waals surface area contributed by atoms with Gasteiger partial charge in [0.2, 0.25) is 5.91 Å². The number of nitro groups is 1. The number of primary amides is 1. The third-order valence-corrected chi connectivity index (χ3v) is 2.24. The molecule has 1 aromatic rings. The smallest absolute Gasteiger partial charge is 0.282 e. The number of carbonyl (C=O) groups is 2. The second-order valence-corrected chi connectivity index (χ2v) is 3.81. The molecule has 9 heteroatoms. The van der Waals surface area contributed by atoms with E-state index < -0.39 is 16.7 Å². The number of ether oxygens (including phenoxy) is 1. The average Bonchev–Trinajstić information content (AvgIpc) is 2.37. The Labute approximate surface area is 114 Å². The number of nitro benzene ring substituents is 1. The van der Waals surface area contributed by atoms with Gasteiger partial charge >= 0.3 is 0 Å². The summed E-state index contributed by atoms with van der Waals surface area (Å²) in [5, 5.41) is 13.2. The monoisotopic (exact) mass is 282 g/mol. The zero-order valence-electron chi connectivity index (χ0n) is 10.5. The molecule has 0 bridgehead atoms. The van der Waals surface area contributed by atoms with Crippen molar-refractivity contribution in [1.29, 1.82) is 0 Å². The van der Waals surface area contributed by atoms with Crippen LogP contribution in [0.5, 0.6) is 0 Å². The van der Waals surface area contributed by atoms with Gasteiger partial charge in [-0.25, -0.2) is 0 Å². The van der Waals surface area contributed by atoms with Crippen LogP contribution >= 0.6 is 0 Å². The molecule has 0 unspecified atom stereocenters. The summed E-state index contributed by atoms with van der Waals surface area (Å²) < 4.78 is 4.83. The lowest BCUT2D eigenvalue weighted by atomic mass is 10.1. The van der Waals surface area contributed by atoms with Crippen LogP contribution in [-0.2, 0) is 9.53 Å². The molecular formula is C11H14N4O5. The molecule has 0 radical (unpaired) electrons.